The predicted octanol–water partition coefficient (Wildman–Crippen LogP) is 3.43. The van der Waals surface area contributed by atoms with Gasteiger partial charge in [0.05, 0.1) is 12.4 Å². The van der Waals surface area contributed by atoms with Crippen LogP contribution in [0.4, 0.5) is 5.69 Å². The van der Waals surface area contributed by atoms with E-state index in [0.717, 1.165) is 23.4 Å². The number of hydrogen-bond donors (Lipinski definition) is 1. The molecule has 0 spiro atoms. The molecule has 0 aliphatic heterocycles. The van der Waals surface area contributed by atoms with Gasteiger partial charge < -0.3 is 10.1 Å². The number of amides is 1. The monoisotopic (exact) mass is 269 g/mol. The lowest BCUT2D eigenvalue weighted by Crippen LogP contribution is -2.18. The van der Waals surface area contributed by atoms with Crippen LogP contribution in [0.3, 0.4) is 0 Å². The average molecular weight is 269 g/mol. The standard InChI is InChI=1S/C17H19NO2/c1-3-20-16-9-8-13(14-10-15(14)16)17(19)18-12-6-4-11(2)5-7-12/h4-9,14-15H,3,10H2,1-2H3,(H,18,19). The second kappa shape index (κ2) is 5.16. The minimum Gasteiger partial charge on any atom is -0.498 e. The Morgan fingerprint density at radius 2 is 2.00 bits per heavy atom. The molecule has 2 aliphatic carbocycles. The number of fused-ring (bicyclic) bond motifs is 1. The van der Waals surface area contributed by atoms with Gasteiger partial charge in [0.2, 0.25) is 0 Å². The third kappa shape index (κ3) is 2.48. The van der Waals surface area contributed by atoms with Crippen LogP contribution in [0.1, 0.15) is 18.9 Å². The van der Waals surface area contributed by atoms with Crippen LogP contribution in [0.15, 0.2) is 47.7 Å². The van der Waals surface area contributed by atoms with Crippen molar-refractivity contribution < 1.29 is 9.53 Å². The zero-order valence-electron chi connectivity index (χ0n) is 11.8. The lowest BCUT2D eigenvalue weighted by molar-refractivity contribution is -0.113. The summed E-state index contributed by atoms with van der Waals surface area (Å²) in [4.78, 5) is 12.3. The van der Waals surface area contributed by atoms with Crippen LogP contribution in [0, 0.1) is 18.8 Å². The van der Waals surface area contributed by atoms with Gasteiger partial charge in [-0.05, 0) is 50.5 Å². The lowest BCUT2D eigenvalue weighted by atomic mass is 10.0. The third-order valence-corrected chi connectivity index (χ3v) is 3.87. The van der Waals surface area contributed by atoms with Gasteiger partial charge in [-0.25, -0.2) is 0 Å². The summed E-state index contributed by atoms with van der Waals surface area (Å²) in [5, 5.41) is 2.97. The van der Waals surface area contributed by atoms with Crippen LogP contribution < -0.4 is 5.32 Å². The normalized spacial score (nSPS) is 23.3. The third-order valence-electron chi connectivity index (χ3n) is 3.87. The Hall–Kier alpha value is -2.03. The highest BCUT2D eigenvalue weighted by Gasteiger charge is 2.47. The van der Waals surface area contributed by atoms with Crippen molar-refractivity contribution in [1.82, 2.24) is 0 Å². The topological polar surface area (TPSA) is 38.3 Å². The molecule has 0 aromatic heterocycles. The van der Waals surface area contributed by atoms with Crippen molar-refractivity contribution in [2.24, 2.45) is 11.8 Å². The molecule has 3 nitrogen and oxygen atoms in total. The smallest absolute Gasteiger partial charge is 0.251 e. The van der Waals surface area contributed by atoms with Gasteiger partial charge in [0, 0.05) is 17.2 Å². The summed E-state index contributed by atoms with van der Waals surface area (Å²) >= 11 is 0. The fourth-order valence-corrected chi connectivity index (χ4v) is 2.68. The molecule has 104 valence electrons. The fourth-order valence-electron chi connectivity index (χ4n) is 2.68. The van der Waals surface area contributed by atoms with Crippen molar-refractivity contribution in [2.45, 2.75) is 20.3 Å². The van der Waals surface area contributed by atoms with Crippen LogP contribution in [-0.4, -0.2) is 12.5 Å². The van der Waals surface area contributed by atoms with Crippen molar-refractivity contribution in [3.8, 4) is 0 Å². The number of ether oxygens (including phenoxy) is 1. The molecule has 0 radical (unpaired) electrons. The first-order chi connectivity index (χ1) is 9.69. The highest BCUT2D eigenvalue weighted by atomic mass is 16.5. The van der Waals surface area contributed by atoms with Gasteiger partial charge in [-0.2, -0.15) is 0 Å². The van der Waals surface area contributed by atoms with Gasteiger partial charge in [0.1, 0.15) is 0 Å². The molecule has 3 rings (SSSR count). The Labute approximate surface area is 119 Å². The summed E-state index contributed by atoms with van der Waals surface area (Å²) in [5.41, 5.74) is 2.91. The number of allylic oxidation sites excluding steroid dienone is 3. The molecule has 0 heterocycles. The van der Waals surface area contributed by atoms with Crippen LogP contribution in [0.2, 0.25) is 0 Å². The van der Waals surface area contributed by atoms with E-state index >= 15 is 0 Å². The van der Waals surface area contributed by atoms with E-state index in [-0.39, 0.29) is 5.91 Å². The van der Waals surface area contributed by atoms with Crippen LogP contribution in [0.5, 0.6) is 0 Å². The van der Waals surface area contributed by atoms with Gasteiger partial charge in [0.25, 0.3) is 5.91 Å². The van der Waals surface area contributed by atoms with E-state index in [9.17, 15) is 4.79 Å². The molecule has 1 fully saturated rings. The number of anilines is 1. The molecular weight excluding hydrogens is 250 g/mol. The molecule has 0 bridgehead atoms. The molecule has 1 aromatic carbocycles. The molecule has 3 heteroatoms. The van der Waals surface area contributed by atoms with Gasteiger partial charge in [0.15, 0.2) is 0 Å². The van der Waals surface area contributed by atoms with Crippen molar-refractivity contribution in [3.05, 3.63) is 53.3 Å². The maximum absolute atomic E-state index is 12.3. The number of rotatable bonds is 4. The van der Waals surface area contributed by atoms with E-state index in [0.29, 0.717) is 18.4 Å². The second-order valence-electron chi connectivity index (χ2n) is 5.39. The fraction of sp³-hybridized carbons (Fsp3) is 0.353. The molecular formula is C17H19NO2. The van der Waals surface area contributed by atoms with E-state index < -0.39 is 0 Å². The van der Waals surface area contributed by atoms with E-state index in [2.05, 4.69) is 5.32 Å². The van der Waals surface area contributed by atoms with Crippen molar-refractivity contribution in [3.63, 3.8) is 0 Å². The number of hydrogen-bond acceptors (Lipinski definition) is 2. The largest absolute Gasteiger partial charge is 0.498 e. The number of nitrogens with one attached hydrogen (secondary N) is 1. The van der Waals surface area contributed by atoms with E-state index in [4.69, 9.17) is 4.74 Å². The predicted molar refractivity (Wildman–Crippen MR) is 79.2 cm³/mol. The number of benzene rings is 1. The number of carbonyl (C=O) groups excluding carboxylic acids is 1. The molecule has 1 N–H and O–H groups in total. The first-order valence-corrected chi connectivity index (χ1v) is 7.11. The quantitative estimate of drug-likeness (QED) is 0.909. The van der Waals surface area contributed by atoms with Gasteiger partial charge in [-0.15, -0.1) is 0 Å². The number of aryl methyl sites for hydroxylation is 1. The summed E-state index contributed by atoms with van der Waals surface area (Å²) < 4.78 is 5.58. The Morgan fingerprint density at radius 3 is 2.70 bits per heavy atom. The molecule has 2 unspecified atom stereocenters. The zero-order chi connectivity index (χ0) is 14.1. The number of carbonyl (C=O) groups is 1. The van der Waals surface area contributed by atoms with Crippen molar-refractivity contribution in [2.75, 3.05) is 11.9 Å². The maximum Gasteiger partial charge on any atom is 0.251 e. The Bertz CT molecular complexity index is 584. The highest BCUT2D eigenvalue weighted by molar-refractivity contribution is 6.05. The van der Waals surface area contributed by atoms with Crippen LogP contribution in [0.25, 0.3) is 0 Å². The summed E-state index contributed by atoms with van der Waals surface area (Å²) in [6.07, 6.45) is 4.88. The van der Waals surface area contributed by atoms with E-state index in [1.807, 2.05) is 50.3 Å². The maximum atomic E-state index is 12.3. The highest BCUT2D eigenvalue weighted by Crippen LogP contribution is 2.51. The molecule has 0 saturated heterocycles. The molecule has 2 atom stereocenters. The van der Waals surface area contributed by atoms with Gasteiger partial charge in [-0.1, -0.05) is 17.7 Å². The molecule has 20 heavy (non-hydrogen) atoms. The summed E-state index contributed by atoms with van der Waals surface area (Å²) in [6.45, 7) is 4.71. The van der Waals surface area contributed by atoms with Crippen molar-refractivity contribution in [1.29, 1.82) is 0 Å². The summed E-state index contributed by atoms with van der Waals surface area (Å²) in [5.74, 6) is 1.79. The van der Waals surface area contributed by atoms with Gasteiger partial charge >= 0.3 is 0 Å². The van der Waals surface area contributed by atoms with E-state index in [1.165, 1.54) is 5.56 Å². The van der Waals surface area contributed by atoms with E-state index in [1.54, 1.807) is 0 Å². The molecule has 2 aliphatic rings. The SMILES string of the molecule is CCOC1=CC=C(C(=O)Nc2ccc(C)cc2)C2CC12. The van der Waals surface area contributed by atoms with Crippen LogP contribution >= 0.6 is 0 Å². The second-order valence-corrected chi connectivity index (χ2v) is 5.39. The molecule has 1 amide bonds. The first kappa shape index (κ1) is 13.0. The Balaban J connectivity index is 1.71. The van der Waals surface area contributed by atoms with Crippen LogP contribution in [-0.2, 0) is 9.53 Å². The summed E-state index contributed by atoms with van der Waals surface area (Å²) in [6, 6.07) is 7.86. The Kier molecular flexibility index (Phi) is 3.35. The minimum absolute atomic E-state index is 0.00755. The molecule has 1 aromatic rings. The van der Waals surface area contributed by atoms with Crippen molar-refractivity contribution >= 4 is 11.6 Å². The zero-order valence-corrected chi connectivity index (χ0v) is 11.8. The minimum atomic E-state index is 0.00755. The average Bonchev–Trinajstić information content (AvgIpc) is 3.22. The first-order valence-electron chi connectivity index (χ1n) is 7.11. The Morgan fingerprint density at radius 1 is 1.25 bits per heavy atom. The lowest BCUT2D eigenvalue weighted by Gasteiger charge is -2.14. The van der Waals surface area contributed by atoms with Gasteiger partial charge in [-0.3, -0.25) is 4.79 Å². The summed E-state index contributed by atoms with van der Waals surface area (Å²) in [7, 11) is 0. The molecule has 1 saturated carbocycles.